The van der Waals surface area contributed by atoms with Crippen LogP contribution < -0.4 is 0 Å². The van der Waals surface area contributed by atoms with Crippen LogP contribution in [0.5, 0.6) is 0 Å². The van der Waals surface area contributed by atoms with Crippen molar-refractivity contribution in [3.63, 3.8) is 0 Å². The molecule has 1 aromatic rings. The van der Waals surface area contributed by atoms with E-state index in [1.54, 1.807) is 6.26 Å². The summed E-state index contributed by atoms with van der Waals surface area (Å²) in [5, 5.41) is 9.42. The third-order valence-corrected chi connectivity index (χ3v) is 9.59. The standard InChI is InChI=1S/C16H27NO4Si/c1-16(2,3)22(4,5)21-11-12-9-17(15(18)19)10-13(12)14-7-6-8-20-14/h6-8,12-13H,9-11H2,1-5H3,(H,18,19)/t12-,13+/m1/s1. The van der Waals surface area contributed by atoms with E-state index in [-0.39, 0.29) is 16.9 Å². The lowest BCUT2D eigenvalue weighted by Crippen LogP contribution is -2.42. The molecule has 0 saturated carbocycles. The lowest BCUT2D eigenvalue weighted by atomic mass is 9.95. The molecule has 0 aromatic carbocycles. The number of nitrogens with zero attached hydrogens (tertiary/aromatic N) is 1. The average Bonchev–Trinajstić information content (AvgIpc) is 3.04. The lowest BCUT2D eigenvalue weighted by molar-refractivity contribution is 0.151. The molecule has 6 heteroatoms. The number of hydrogen-bond donors (Lipinski definition) is 1. The molecule has 22 heavy (non-hydrogen) atoms. The van der Waals surface area contributed by atoms with Crippen molar-refractivity contribution in [1.82, 2.24) is 4.90 Å². The first kappa shape index (κ1) is 17.1. The van der Waals surface area contributed by atoms with Gasteiger partial charge in [-0.2, -0.15) is 0 Å². The Hall–Kier alpha value is -1.27. The van der Waals surface area contributed by atoms with E-state index in [4.69, 9.17) is 8.84 Å². The Morgan fingerprint density at radius 2 is 2.14 bits per heavy atom. The van der Waals surface area contributed by atoms with Crippen LogP contribution in [-0.4, -0.2) is 44.1 Å². The van der Waals surface area contributed by atoms with Gasteiger partial charge in [-0.25, -0.2) is 4.79 Å². The van der Waals surface area contributed by atoms with Gasteiger partial charge in [0.25, 0.3) is 0 Å². The number of rotatable bonds is 4. The zero-order valence-corrected chi connectivity index (χ0v) is 15.1. The predicted octanol–water partition coefficient (Wildman–Crippen LogP) is 3.99. The Bertz CT molecular complexity index is 507. The Labute approximate surface area is 133 Å². The van der Waals surface area contributed by atoms with Gasteiger partial charge in [-0.1, -0.05) is 20.8 Å². The summed E-state index contributed by atoms with van der Waals surface area (Å²) >= 11 is 0. The number of likely N-dealkylation sites (tertiary alicyclic amines) is 1. The Balaban J connectivity index is 2.08. The molecule has 5 nitrogen and oxygen atoms in total. The average molecular weight is 325 g/mol. The first-order valence-corrected chi connectivity index (χ1v) is 10.7. The molecule has 1 fully saturated rings. The minimum Gasteiger partial charge on any atom is -0.469 e. The maximum Gasteiger partial charge on any atom is 0.407 e. The predicted molar refractivity (Wildman–Crippen MR) is 87.7 cm³/mol. The highest BCUT2D eigenvalue weighted by Gasteiger charge is 2.42. The van der Waals surface area contributed by atoms with Gasteiger partial charge in [0.2, 0.25) is 0 Å². The van der Waals surface area contributed by atoms with Crippen molar-refractivity contribution < 1.29 is 18.7 Å². The van der Waals surface area contributed by atoms with Crippen LogP contribution in [0.2, 0.25) is 18.1 Å². The molecule has 0 aliphatic carbocycles. The van der Waals surface area contributed by atoms with Crippen LogP contribution in [0.15, 0.2) is 22.8 Å². The summed E-state index contributed by atoms with van der Waals surface area (Å²) in [7, 11) is -1.83. The first-order chi connectivity index (χ1) is 10.1. The smallest absolute Gasteiger partial charge is 0.407 e. The maximum atomic E-state index is 11.3. The minimum absolute atomic E-state index is 0.0795. The fourth-order valence-corrected chi connectivity index (χ4v) is 3.62. The SMILES string of the molecule is CC(C)(C)[Si](C)(C)OC[C@H]1CN(C(=O)O)C[C@@H]1c1ccco1. The minimum atomic E-state index is -1.83. The van der Waals surface area contributed by atoms with E-state index in [0.29, 0.717) is 19.7 Å². The van der Waals surface area contributed by atoms with Gasteiger partial charge in [0.15, 0.2) is 8.32 Å². The summed E-state index contributed by atoms with van der Waals surface area (Å²) in [6.07, 6.45) is 0.774. The van der Waals surface area contributed by atoms with Crippen LogP contribution in [0.25, 0.3) is 0 Å². The molecule has 2 rings (SSSR count). The summed E-state index contributed by atoms with van der Waals surface area (Å²) in [6, 6.07) is 3.78. The van der Waals surface area contributed by atoms with Gasteiger partial charge in [0, 0.05) is 31.5 Å². The van der Waals surface area contributed by atoms with E-state index in [1.165, 1.54) is 4.90 Å². The van der Waals surface area contributed by atoms with Gasteiger partial charge in [-0.15, -0.1) is 0 Å². The number of furan rings is 1. The second-order valence-electron chi connectivity index (χ2n) is 7.64. The van der Waals surface area contributed by atoms with Gasteiger partial charge >= 0.3 is 6.09 Å². The number of carbonyl (C=O) groups is 1. The van der Waals surface area contributed by atoms with Crippen molar-refractivity contribution in [3.05, 3.63) is 24.2 Å². The molecular formula is C16H27NO4Si. The molecule has 0 bridgehead atoms. The Morgan fingerprint density at radius 1 is 1.45 bits per heavy atom. The molecule has 0 unspecified atom stereocenters. The molecule has 1 N–H and O–H groups in total. The monoisotopic (exact) mass is 325 g/mol. The normalized spacial score (nSPS) is 23.0. The van der Waals surface area contributed by atoms with Crippen molar-refractivity contribution in [3.8, 4) is 0 Å². The summed E-state index contributed by atoms with van der Waals surface area (Å²) < 4.78 is 11.8. The molecule has 1 aliphatic rings. The lowest BCUT2D eigenvalue weighted by Gasteiger charge is -2.37. The highest BCUT2D eigenvalue weighted by molar-refractivity contribution is 6.74. The quantitative estimate of drug-likeness (QED) is 0.850. The van der Waals surface area contributed by atoms with Crippen LogP contribution in [0, 0.1) is 5.92 Å². The van der Waals surface area contributed by atoms with Crippen LogP contribution in [0.4, 0.5) is 4.79 Å². The third-order valence-electron chi connectivity index (χ3n) is 5.08. The van der Waals surface area contributed by atoms with Gasteiger partial charge < -0.3 is 18.8 Å². The molecule has 1 saturated heterocycles. The highest BCUT2D eigenvalue weighted by Crippen LogP contribution is 2.39. The molecule has 1 aliphatic heterocycles. The largest absolute Gasteiger partial charge is 0.469 e. The molecule has 124 valence electrons. The van der Waals surface area contributed by atoms with Gasteiger partial charge in [-0.05, 0) is 30.3 Å². The van der Waals surface area contributed by atoms with Crippen LogP contribution in [0.1, 0.15) is 32.4 Å². The van der Waals surface area contributed by atoms with E-state index >= 15 is 0 Å². The van der Waals surface area contributed by atoms with Crippen molar-refractivity contribution in [2.24, 2.45) is 5.92 Å². The van der Waals surface area contributed by atoms with E-state index in [1.807, 2.05) is 12.1 Å². The molecule has 2 heterocycles. The fraction of sp³-hybridized carbons (Fsp3) is 0.688. The highest BCUT2D eigenvalue weighted by atomic mass is 28.4. The molecule has 0 radical (unpaired) electrons. The fourth-order valence-electron chi connectivity index (χ4n) is 2.55. The van der Waals surface area contributed by atoms with Gasteiger partial charge in [-0.3, -0.25) is 0 Å². The second kappa shape index (κ2) is 6.08. The molecule has 0 spiro atoms. The zero-order valence-electron chi connectivity index (χ0n) is 14.1. The van der Waals surface area contributed by atoms with E-state index in [2.05, 4.69) is 33.9 Å². The molecule has 1 aromatic heterocycles. The summed E-state index contributed by atoms with van der Waals surface area (Å²) in [5.41, 5.74) is 0. The van der Waals surface area contributed by atoms with E-state index in [0.717, 1.165) is 5.76 Å². The van der Waals surface area contributed by atoms with Crippen LogP contribution in [0.3, 0.4) is 0 Å². The van der Waals surface area contributed by atoms with E-state index in [9.17, 15) is 9.90 Å². The van der Waals surface area contributed by atoms with Gasteiger partial charge in [0.1, 0.15) is 5.76 Å². The van der Waals surface area contributed by atoms with Gasteiger partial charge in [0.05, 0.1) is 6.26 Å². The maximum absolute atomic E-state index is 11.3. The number of hydrogen-bond acceptors (Lipinski definition) is 3. The Morgan fingerprint density at radius 3 is 2.64 bits per heavy atom. The van der Waals surface area contributed by atoms with Crippen molar-refractivity contribution in [1.29, 1.82) is 0 Å². The van der Waals surface area contributed by atoms with E-state index < -0.39 is 14.4 Å². The van der Waals surface area contributed by atoms with Crippen LogP contribution in [-0.2, 0) is 4.43 Å². The number of carboxylic acid groups (broad SMARTS) is 1. The molecule has 1 amide bonds. The van der Waals surface area contributed by atoms with Crippen LogP contribution >= 0.6 is 0 Å². The Kier molecular flexibility index (Phi) is 4.72. The third kappa shape index (κ3) is 3.55. The summed E-state index contributed by atoms with van der Waals surface area (Å²) in [6.45, 7) is 12.7. The second-order valence-corrected chi connectivity index (χ2v) is 12.5. The zero-order chi connectivity index (χ0) is 16.5. The topological polar surface area (TPSA) is 62.9 Å². The summed E-state index contributed by atoms with van der Waals surface area (Å²) in [4.78, 5) is 12.8. The van der Waals surface area contributed by atoms with Crippen molar-refractivity contribution >= 4 is 14.4 Å². The summed E-state index contributed by atoms with van der Waals surface area (Å²) in [5.74, 6) is 1.08. The van der Waals surface area contributed by atoms with Crippen molar-refractivity contribution in [2.45, 2.75) is 44.8 Å². The molecule has 2 atom stereocenters. The number of amides is 1. The molecular weight excluding hydrogens is 298 g/mol. The first-order valence-electron chi connectivity index (χ1n) is 7.77. The van der Waals surface area contributed by atoms with Crippen molar-refractivity contribution in [2.75, 3.05) is 19.7 Å².